The molecule has 41 heavy (non-hydrogen) atoms. The Morgan fingerprint density at radius 2 is 1.27 bits per heavy atom. The van der Waals surface area contributed by atoms with Gasteiger partial charge in [0.1, 0.15) is 11.6 Å². The number of para-hydroxylation sites is 2. The molecule has 6 nitrogen and oxygen atoms in total. The van der Waals surface area contributed by atoms with Gasteiger partial charge in [0.25, 0.3) is 0 Å². The van der Waals surface area contributed by atoms with Crippen molar-refractivity contribution < 1.29 is 4.74 Å². The fourth-order valence-electron chi connectivity index (χ4n) is 5.57. The number of aromatic nitrogens is 4. The quantitative estimate of drug-likeness (QED) is 0.228. The third-order valence-corrected chi connectivity index (χ3v) is 7.35. The van der Waals surface area contributed by atoms with E-state index in [0.29, 0.717) is 11.8 Å². The second kappa shape index (κ2) is 9.47. The molecule has 0 unspecified atom stereocenters. The zero-order valence-corrected chi connectivity index (χ0v) is 21.9. The fraction of sp³-hybridized carbons (Fsp3) is 0. The maximum absolute atomic E-state index is 6.03. The first-order valence-corrected chi connectivity index (χ1v) is 13.5. The summed E-state index contributed by atoms with van der Waals surface area (Å²) in [6.07, 6.45) is 7.90. The lowest BCUT2D eigenvalue weighted by atomic mass is 10.1. The number of rotatable bonds is 4. The normalized spacial score (nSPS) is 12.2. The molecule has 0 saturated heterocycles. The minimum Gasteiger partial charge on any atom is -0.421 e. The van der Waals surface area contributed by atoms with E-state index in [4.69, 9.17) is 14.7 Å². The van der Waals surface area contributed by atoms with Crippen LogP contribution in [0.15, 0.2) is 128 Å². The fourth-order valence-corrected chi connectivity index (χ4v) is 5.57. The average molecular weight is 530 g/mol. The van der Waals surface area contributed by atoms with Crippen LogP contribution in [0.4, 0.5) is 17.2 Å². The highest BCUT2D eigenvalue weighted by molar-refractivity contribution is 6.12. The van der Waals surface area contributed by atoms with Crippen molar-refractivity contribution in [2.75, 3.05) is 4.90 Å². The van der Waals surface area contributed by atoms with Crippen molar-refractivity contribution in [1.29, 1.82) is 0 Å². The van der Waals surface area contributed by atoms with Gasteiger partial charge in [-0.05, 0) is 59.7 Å². The van der Waals surface area contributed by atoms with E-state index < -0.39 is 0 Å². The summed E-state index contributed by atoms with van der Waals surface area (Å²) in [5.74, 6) is 2.59. The molecule has 0 radical (unpaired) electrons. The monoisotopic (exact) mass is 529 g/mol. The van der Waals surface area contributed by atoms with E-state index in [-0.39, 0.29) is 0 Å². The van der Waals surface area contributed by atoms with Crippen LogP contribution >= 0.6 is 0 Å². The number of anilines is 3. The molecular weight excluding hydrogens is 506 g/mol. The second-order valence-electron chi connectivity index (χ2n) is 9.80. The van der Waals surface area contributed by atoms with Crippen LogP contribution in [0.1, 0.15) is 11.1 Å². The Morgan fingerprint density at radius 3 is 2.15 bits per heavy atom. The van der Waals surface area contributed by atoms with Crippen molar-refractivity contribution in [1.82, 2.24) is 19.5 Å². The SMILES string of the molecule is C1=Cc2cc3c4ccccc4n(-c4ccccn4)c3cc2N(c2cccc(Oc3ccccn3)n2)c2ccccc21. The van der Waals surface area contributed by atoms with Crippen LogP contribution < -0.4 is 9.64 Å². The Balaban J connectivity index is 1.38. The molecule has 0 aliphatic carbocycles. The topological polar surface area (TPSA) is 56.1 Å². The van der Waals surface area contributed by atoms with E-state index in [1.165, 1.54) is 10.8 Å². The molecule has 1 aliphatic heterocycles. The van der Waals surface area contributed by atoms with Crippen LogP contribution in [0.3, 0.4) is 0 Å². The summed E-state index contributed by atoms with van der Waals surface area (Å²) in [4.78, 5) is 16.2. The lowest BCUT2D eigenvalue weighted by molar-refractivity contribution is 0.445. The first kappa shape index (κ1) is 23.2. The summed E-state index contributed by atoms with van der Waals surface area (Å²) in [5, 5.41) is 2.35. The number of nitrogens with zero attached hydrogens (tertiary/aromatic N) is 5. The van der Waals surface area contributed by atoms with Gasteiger partial charge in [0.05, 0.1) is 22.4 Å². The van der Waals surface area contributed by atoms with Gasteiger partial charge < -0.3 is 4.74 Å². The summed E-state index contributed by atoms with van der Waals surface area (Å²) >= 11 is 0. The first-order valence-electron chi connectivity index (χ1n) is 13.5. The number of ether oxygens (including phenoxy) is 1. The lowest BCUT2D eigenvalue weighted by Gasteiger charge is -2.26. The van der Waals surface area contributed by atoms with Crippen LogP contribution in [-0.4, -0.2) is 19.5 Å². The Labute approximate surface area is 236 Å². The van der Waals surface area contributed by atoms with Gasteiger partial charge in [0.2, 0.25) is 11.8 Å². The first-order chi connectivity index (χ1) is 20.3. The van der Waals surface area contributed by atoms with E-state index >= 15 is 0 Å². The molecule has 3 aromatic carbocycles. The highest BCUT2D eigenvalue weighted by Gasteiger charge is 2.24. The van der Waals surface area contributed by atoms with Crippen LogP contribution in [0.2, 0.25) is 0 Å². The van der Waals surface area contributed by atoms with E-state index in [9.17, 15) is 0 Å². The summed E-state index contributed by atoms with van der Waals surface area (Å²) < 4.78 is 8.26. The summed E-state index contributed by atoms with van der Waals surface area (Å²) in [7, 11) is 0. The Kier molecular flexibility index (Phi) is 5.35. The van der Waals surface area contributed by atoms with Gasteiger partial charge in [-0.3, -0.25) is 9.47 Å². The molecular formula is C35H23N5O. The van der Waals surface area contributed by atoms with E-state index in [0.717, 1.165) is 45.2 Å². The van der Waals surface area contributed by atoms with Crippen LogP contribution in [-0.2, 0) is 0 Å². The zero-order valence-electron chi connectivity index (χ0n) is 21.9. The van der Waals surface area contributed by atoms with Crippen molar-refractivity contribution in [3.63, 3.8) is 0 Å². The third kappa shape index (κ3) is 3.93. The van der Waals surface area contributed by atoms with Crippen LogP contribution in [0.25, 0.3) is 39.8 Å². The van der Waals surface area contributed by atoms with Crippen molar-refractivity contribution in [3.8, 4) is 17.6 Å². The molecule has 0 atom stereocenters. The second-order valence-corrected chi connectivity index (χ2v) is 9.80. The number of hydrogen-bond donors (Lipinski definition) is 0. The van der Waals surface area contributed by atoms with Crippen molar-refractivity contribution >= 4 is 51.2 Å². The Bertz CT molecular complexity index is 2080. The third-order valence-electron chi connectivity index (χ3n) is 7.35. The standard InChI is InChI=1S/C35H23N5O/c1-3-12-28-24(10-1)18-19-25-22-27-26-11-2-4-13-29(26)40(32-14-5-7-20-36-32)31(27)23-30(25)39(28)33-15-9-17-35(38-33)41-34-16-6-8-21-37-34/h1-23H. The molecule has 8 rings (SSSR count). The van der Waals surface area contributed by atoms with Crippen LogP contribution in [0.5, 0.6) is 11.8 Å². The van der Waals surface area contributed by atoms with Gasteiger partial charge in [-0.15, -0.1) is 0 Å². The molecule has 0 bridgehead atoms. The van der Waals surface area contributed by atoms with Crippen molar-refractivity contribution in [2.24, 2.45) is 0 Å². The number of fused-ring (bicyclic) bond motifs is 5. The van der Waals surface area contributed by atoms with Gasteiger partial charge in [0.15, 0.2) is 0 Å². The maximum Gasteiger partial charge on any atom is 0.223 e. The minimum absolute atomic E-state index is 0.473. The Hall–Kier alpha value is -5.75. The molecule has 0 saturated carbocycles. The Morgan fingerprint density at radius 1 is 0.512 bits per heavy atom. The van der Waals surface area contributed by atoms with Crippen molar-refractivity contribution in [2.45, 2.75) is 0 Å². The summed E-state index contributed by atoms with van der Waals surface area (Å²) in [5.41, 5.74) is 6.42. The highest BCUT2D eigenvalue weighted by Crippen LogP contribution is 2.45. The van der Waals surface area contributed by atoms with E-state index in [1.54, 1.807) is 6.20 Å². The minimum atomic E-state index is 0.473. The molecule has 7 aromatic rings. The largest absolute Gasteiger partial charge is 0.421 e. The number of pyridine rings is 3. The molecule has 194 valence electrons. The van der Waals surface area contributed by atoms with Gasteiger partial charge in [-0.1, -0.05) is 66.7 Å². The molecule has 0 amide bonds. The smallest absolute Gasteiger partial charge is 0.223 e. The van der Waals surface area contributed by atoms with E-state index in [2.05, 4.69) is 87.3 Å². The van der Waals surface area contributed by atoms with Gasteiger partial charge in [-0.25, -0.2) is 9.97 Å². The molecule has 1 aliphatic rings. The molecule has 4 aromatic heterocycles. The summed E-state index contributed by atoms with van der Waals surface area (Å²) in [6, 6.07) is 38.8. The lowest BCUT2D eigenvalue weighted by Crippen LogP contribution is -2.13. The molecule has 0 N–H and O–H groups in total. The highest BCUT2D eigenvalue weighted by atomic mass is 16.5. The molecule has 0 spiro atoms. The molecule has 5 heterocycles. The molecule has 0 fully saturated rings. The predicted molar refractivity (Wildman–Crippen MR) is 164 cm³/mol. The zero-order chi connectivity index (χ0) is 27.2. The van der Waals surface area contributed by atoms with Crippen molar-refractivity contribution in [3.05, 3.63) is 139 Å². The summed E-state index contributed by atoms with van der Waals surface area (Å²) in [6.45, 7) is 0. The van der Waals surface area contributed by atoms with Gasteiger partial charge in [-0.2, -0.15) is 4.98 Å². The van der Waals surface area contributed by atoms with Gasteiger partial charge >= 0.3 is 0 Å². The average Bonchev–Trinajstić information content (AvgIpc) is 3.25. The van der Waals surface area contributed by atoms with E-state index in [1.807, 2.05) is 60.8 Å². The number of benzene rings is 3. The van der Waals surface area contributed by atoms with Crippen LogP contribution in [0, 0.1) is 0 Å². The maximum atomic E-state index is 6.03. The predicted octanol–water partition coefficient (Wildman–Crippen LogP) is 8.71. The van der Waals surface area contributed by atoms with Gasteiger partial charge in [0, 0.05) is 35.3 Å². The number of hydrogen-bond acceptors (Lipinski definition) is 5. The molecule has 6 heteroatoms.